The fraction of sp³-hybridized carbons (Fsp3) is 0.455. The molecule has 1 nitrogen and oxygen atoms in total. The van der Waals surface area contributed by atoms with E-state index in [1.54, 1.807) is 11.8 Å². The maximum atomic E-state index is 5.24. The summed E-state index contributed by atoms with van der Waals surface area (Å²) in [5.41, 5.74) is 2.28. The van der Waals surface area contributed by atoms with Crippen molar-refractivity contribution >= 4 is 28.2 Å². The maximum absolute atomic E-state index is 5.24. The van der Waals surface area contributed by atoms with Gasteiger partial charge in [0.2, 0.25) is 0 Å². The Bertz CT molecular complexity index is 339. The third-order valence-electron chi connectivity index (χ3n) is 1.95. The van der Waals surface area contributed by atoms with Crippen LogP contribution in [0.1, 0.15) is 32.0 Å². The van der Waals surface area contributed by atoms with Gasteiger partial charge in [0.05, 0.1) is 4.20 Å². The highest BCUT2D eigenvalue weighted by Gasteiger charge is 2.15. The van der Waals surface area contributed by atoms with Crippen molar-refractivity contribution in [1.82, 2.24) is 4.98 Å². The molecule has 0 aliphatic rings. The summed E-state index contributed by atoms with van der Waals surface area (Å²) in [7, 11) is 0. The molecule has 76 valence electrons. The molecule has 14 heavy (non-hydrogen) atoms. The van der Waals surface area contributed by atoms with Crippen LogP contribution >= 0.6 is 24.0 Å². The summed E-state index contributed by atoms with van der Waals surface area (Å²) >= 11 is 6.84. The molecule has 0 bridgehead atoms. The molecule has 0 amide bonds. The first-order valence-electron chi connectivity index (χ1n) is 4.50. The normalized spacial score (nSPS) is 11.4. The summed E-state index contributed by atoms with van der Waals surface area (Å²) in [6.07, 6.45) is 3.83. The van der Waals surface area contributed by atoms with Crippen LogP contribution in [0.4, 0.5) is 0 Å². The average molecular weight is 225 g/mol. The van der Waals surface area contributed by atoms with Crippen LogP contribution in [0.25, 0.3) is 0 Å². The highest BCUT2D eigenvalue weighted by atomic mass is 32.2. The molecule has 0 aromatic carbocycles. The quantitative estimate of drug-likeness (QED) is 0.680. The number of hydrogen-bond donors (Lipinski definition) is 0. The molecule has 0 aliphatic heterocycles. The van der Waals surface area contributed by atoms with Crippen molar-refractivity contribution in [2.45, 2.75) is 26.2 Å². The third-order valence-corrected chi connectivity index (χ3v) is 3.29. The minimum Gasteiger partial charge on any atom is -0.261 e. The number of hydrogen-bond acceptors (Lipinski definition) is 3. The molecule has 1 aromatic heterocycles. The van der Waals surface area contributed by atoms with Crippen molar-refractivity contribution in [2.75, 3.05) is 6.26 Å². The second kappa shape index (κ2) is 4.41. The number of aromatic nitrogens is 1. The summed E-state index contributed by atoms with van der Waals surface area (Å²) in [4.78, 5) is 4.36. The van der Waals surface area contributed by atoms with E-state index in [-0.39, 0.29) is 5.41 Å². The molecule has 1 rings (SSSR count). The first-order chi connectivity index (χ1) is 6.45. The Morgan fingerprint density at radius 1 is 1.43 bits per heavy atom. The van der Waals surface area contributed by atoms with Crippen LogP contribution in [0, 0.1) is 0 Å². The van der Waals surface area contributed by atoms with Gasteiger partial charge in [0.25, 0.3) is 0 Å². The largest absolute Gasteiger partial charge is 0.261 e. The molecule has 0 radical (unpaired) electrons. The molecular formula is C11H15NS2. The van der Waals surface area contributed by atoms with E-state index in [2.05, 4.69) is 31.8 Å². The van der Waals surface area contributed by atoms with E-state index in [1.165, 1.54) is 0 Å². The minimum atomic E-state index is 0.0873. The monoisotopic (exact) mass is 225 g/mol. The van der Waals surface area contributed by atoms with Crippen LogP contribution in [0.2, 0.25) is 0 Å². The van der Waals surface area contributed by atoms with Crippen LogP contribution < -0.4 is 0 Å². The van der Waals surface area contributed by atoms with Gasteiger partial charge >= 0.3 is 0 Å². The van der Waals surface area contributed by atoms with E-state index < -0.39 is 0 Å². The summed E-state index contributed by atoms with van der Waals surface area (Å²) in [5, 5.41) is 0. The molecule has 3 heteroatoms. The smallest absolute Gasteiger partial charge is 0.0776 e. The van der Waals surface area contributed by atoms with Gasteiger partial charge < -0.3 is 0 Å². The lowest BCUT2D eigenvalue weighted by Crippen LogP contribution is -2.14. The van der Waals surface area contributed by atoms with Crippen molar-refractivity contribution in [3.8, 4) is 0 Å². The molecule has 0 saturated carbocycles. The first-order valence-corrected chi connectivity index (χ1v) is 6.13. The van der Waals surface area contributed by atoms with E-state index in [4.69, 9.17) is 12.2 Å². The Kier molecular flexibility index (Phi) is 3.67. The lowest BCUT2D eigenvalue weighted by Gasteiger charge is -2.18. The summed E-state index contributed by atoms with van der Waals surface area (Å²) < 4.78 is 0.929. The average Bonchev–Trinajstić information content (AvgIpc) is 2.15. The zero-order chi connectivity index (χ0) is 10.8. The molecule has 0 unspecified atom stereocenters. The number of pyridine rings is 1. The molecule has 0 N–H and O–H groups in total. The molecule has 0 fully saturated rings. The second-order valence-corrected chi connectivity index (χ2v) is 5.65. The highest BCUT2D eigenvalue weighted by molar-refractivity contribution is 8.23. The van der Waals surface area contributed by atoms with Crippen molar-refractivity contribution < 1.29 is 0 Å². The molecule has 0 atom stereocenters. The molecular weight excluding hydrogens is 210 g/mol. The second-order valence-electron chi connectivity index (χ2n) is 4.17. The summed E-state index contributed by atoms with van der Waals surface area (Å²) in [6, 6.07) is 4.05. The molecule has 1 aromatic rings. The maximum Gasteiger partial charge on any atom is 0.0776 e. The summed E-state index contributed by atoms with van der Waals surface area (Å²) in [6.45, 7) is 6.46. The predicted molar refractivity (Wildman–Crippen MR) is 68.2 cm³/mol. The van der Waals surface area contributed by atoms with Gasteiger partial charge in [-0.3, -0.25) is 4.98 Å². The van der Waals surface area contributed by atoms with E-state index in [0.29, 0.717) is 0 Å². The zero-order valence-electron chi connectivity index (χ0n) is 9.00. The van der Waals surface area contributed by atoms with Gasteiger partial charge in [-0.2, -0.15) is 0 Å². The Morgan fingerprint density at radius 2 is 2.07 bits per heavy atom. The van der Waals surface area contributed by atoms with Gasteiger partial charge in [0, 0.05) is 22.9 Å². The number of nitrogens with zero attached hydrogens (tertiary/aromatic N) is 1. The molecule has 1 heterocycles. The van der Waals surface area contributed by atoms with Crippen molar-refractivity contribution in [1.29, 1.82) is 0 Å². The standard InChI is InChI=1S/C11H15NS2/c1-11(2,3)9-7-8(5-6-12-9)10(13)14-4/h5-7H,1-4H3. The first kappa shape index (κ1) is 11.7. The highest BCUT2D eigenvalue weighted by Crippen LogP contribution is 2.22. The van der Waals surface area contributed by atoms with Gasteiger partial charge in [-0.1, -0.05) is 33.0 Å². The zero-order valence-corrected chi connectivity index (χ0v) is 10.6. The van der Waals surface area contributed by atoms with E-state index in [1.807, 2.05) is 18.5 Å². The van der Waals surface area contributed by atoms with Crippen molar-refractivity contribution in [2.24, 2.45) is 0 Å². The lowest BCUT2D eigenvalue weighted by atomic mass is 9.91. The summed E-state index contributed by atoms with van der Waals surface area (Å²) in [5.74, 6) is 0. The van der Waals surface area contributed by atoms with Crippen LogP contribution in [-0.2, 0) is 5.41 Å². The Labute approximate surface area is 95.3 Å². The SMILES string of the molecule is CSC(=S)c1ccnc(C(C)(C)C)c1. The van der Waals surface area contributed by atoms with Crippen molar-refractivity contribution in [3.05, 3.63) is 29.6 Å². The number of thioether (sulfide) groups is 1. The number of rotatable bonds is 1. The van der Waals surface area contributed by atoms with Crippen LogP contribution in [0.3, 0.4) is 0 Å². The fourth-order valence-corrected chi connectivity index (χ4v) is 1.58. The Balaban J connectivity index is 3.08. The molecule has 0 saturated heterocycles. The molecule has 0 aliphatic carbocycles. The third kappa shape index (κ3) is 2.79. The fourth-order valence-electron chi connectivity index (χ4n) is 1.09. The minimum absolute atomic E-state index is 0.0873. The Hall–Kier alpha value is -0.410. The topological polar surface area (TPSA) is 12.9 Å². The van der Waals surface area contributed by atoms with Gasteiger partial charge in [-0.15, -0.1) is 11.8 Å². The van der Waals surface area contributed by atoms with E-state index >= 15 is 0 Å². The Morgan fingerprint density at radius 3 is 2.57 bits per heavy atom. The van der Waals surface area contributed by atoms with Crippen LogP contribution in [0.5, 0.6) is 0 Å². The van der Waals surface area contributed by atoms with Crippen LogP contribution in [0.15, 0.2) is 18.3 Å². The van der Waals surface area contributed by atoms with E-state index in [0.717, 1.165) is 15.5 Å². The van der Waals surface area contributed by atoms with Gasteiger partial charge in [0.1, 0.15) is 0 Å². The van der Waals surface area contributed by atoms with Crippen molar-refractivity contribution in [3.63, 3.8) is 0 Å². The molecule has 0 spiro atoms. The predicted octanol–water partition coefficient (Wildman–Crippen LogP) is 3.42. The van der Waals surface area contributed by atoms with E-state index in [9.17, 15) is 0 Å². The number of thiocarbonyl (C=S) groups is 1. The van der Waals surface area contributed by atoms with Crippen LogP contribution in [-0.4, -0.2) is 15.4 Å². The van der Waals surface area contributed by atoms with Gasteiger partial charge in [-0.25, -0.2) is 0 Å². The van der Waals surface area contributed by atoms with Gasteiger partial charge in [0.15, 0.2) is 0 Å². The lowest BCUT2D eigenvalue weighted by molar-refractivity contribution is 0.569. The van der Waals surface area contributed by atoms with Gasteiger partial charge in [-0.05, 0) is 18.4 Å².